The monoisotopic (exact) mass is 296 g/mol. The van der Waals surface area contributed by atoms with E-state index in [1.807, 2.05) is 6.92 Å². The Hall–Kier alpha value is -3.08. The fourth-order valence-corrected chi connectivity index (χ4v) is 2.06. The predicted octanol–water partition coefficient (Wildman–Crippen LogP) is 3.31. The highest BCUT2D eigenvalue weighted by atomic mass is 16.5. The zero-order chi connectivity index (χ0) is 15.5. The molecule has 1 aromatic carbocycles. The average Bonchev–Trinajstić information content (AvgIpc) is 2.98. The number of hydrogen-bond acceptors (Lipinski definition) is 5. The van der Waals surface area contributed by atoms with E-state index in [0.717, 1.165) is 10.9 Å². The van der Waals surface area contributed by atoms with Crippen molar-refractivity contribution in [2.75, 3.05) is 0 Å². The molecule has 0 spiro atoms. The molecule has 0 amide bonds. The minimum atomic E-state index is -0.550. The Morgan fingerprint density at radius 3 is 2.86 bits per heavy atom. The standard InChI is InChI=1S/C17H12O5/c1-11-9-17(19)22-15-10-13(4-6-14(11)15)21-16(18)7-5-12-3-2-8-20-12/h2-10H,1H3/b7-5+. The van der Waals surface area contributed by atoms with Gasteiger partial charge in [0.25, 0.3) is 0 Å². The Bertz CT molecular complexity index is 900. The smallest absolute Gasteiger partial charge is 0.336 e. The largest absolute Gasteiger partial charge is 0.465 e. The fraction of sp³-hybridized carbons (Fsp3) is 0.0588. The normalized spacial score (nSPS) is 11.1. The van der Waals surface area contributed by atoms with Crippen LogP contribution in [0.5, 0.6) is 5.75 Å². The second kappa shape index (κ2) is 5.73. The molecule has 0 aliphatic heterocycles. The van der Waals surface area contributed by atoms with Crippen LogP contribution in [-0.2, 0) is 4.79 Å². The third-order valence-electron chi connectivity index (χ3n) is 3.07. The number of carbonyl (C=O) groups is 1. The molecule has 0 atom stereocenters. The highest BCUT2D eigenvalue weighted by Crippen LogP contribution is 2.22. The molecule has 0 saturated carbocycles. The van der Waals surface area contributed by atoms with E-state index in [2.05, 4.69) is 0 Å². The van der Waals surface area contributed by atoms with Crippen LogP contribution in [0.1, 0.15) is 11.3 Å². The van der Waals surface area contributed by atoms with Gasteiger partial charge in [-0.05, 0) is 42.8 Å². The summed E-state index contributed by atoms with van der Waals surface area (Å²) < 4.78 is 15.3. The Balaban J connectivity index is 1.82. The van der Waals surface area contributed by atoms with Gasteiger partial charge < -0.3 is 13.6 Å². The topological polar surface area (TPSA) is 69.7 Å². The summed E-state index contributed by atoms with van der Waals surface area (Å²) in [6.07, 6.45) is 4.28. The number of fused-ring (bicyclic) bond motifs is 1. The first kappa shape index (κ1) is 13.9. The molecular weight excluding hydrogens is 284 g/mol. The number of furan rings is 1. The van der Waals surface area contributed by atoms with Crippen molar-refractivity contribution in [2.45, 2.75) is 6.92 Å². The van der Waals surface area contributed by atoms with Gasteiger partial charge in [0, 0.05) is 23.6 Å². The molecule has 2 heterocycles. The Morgan fingerprint density at radius 2 is 2.09 bits per heavy atom. The minimum absolute atomic E-state index is 0.301. The van der Waals surface area contributed by atoms with Crippen molar-refractivity contribution in [3.8, 4) is 5.75 Å². The summed E-state index contributed by atoms with van der Waals surface area (Å²) in [5, 5.41) is 0.797. The number of carbonyl (C=O) groups excluding carboxylic acids is 1. The van der Waals surface area contributed by atoms with Crippen LogP contribution in [0.15, 0.2) is 62.4 Å². The van der Waals surface area contributed by atoms with Gasteiger partial charge >= 0.3 is 11.6 Å². The van der Waals surface area contributed by atoms with Gasteiger partial charge in [-0.2, -0.15) is 0 Å². The van der Waals surface area contributed by atoms with Crippen molar-refractivity contribution >= 4 is 23.0 Å². The minimum Gasteiger partial charge on any atom is -0.465 e. The lowest BCUT2D eigenvalue weighted by Gasteiger charge is -2.04. The first-order valence-corrected chi connectivity index (χ1v) is 6.60. The lowest BCUT2D eigenvalue weighted by atomic mass is 10.1. The molecule has 0 radical (unpaired) electrons. The summed E-state index contributed by atoms with van der Waals surface area (Å²) in [6.45, 7) is 1.82. The molecular formula is C17H12O5. The Kier molecular flexibility index (Phi) is 3.62. The molecule has 0 unspecified atom stereocenters. The third-order valence-corrected chi connectivity index (χ3v) is 3.07. The van der Waals surface area contributed by atoms with Gasteiger partial charge in [-0.15, -0.1) is 0 Å². The van der Waals surface area contributed by atoms with Crippen LogP contribution in [0.2, 0.25) is 0 Å². The fourth-order valence-electron chi connectivity index (χ4n) is 2.06. The molecule has 5 nitrogen and oxygen atoms in total. The number of benzene rings is 1. The van der Waals surface area contributed by atoms with Crippen molar-refractivity contribution in [2.24, 2.45) is 0 Å². The van der Waals surface area contributed by atoms with Crippen LogP contribution in [0.4, 0.5) is 0 Å². The number of rotatable bonds is 3. The number of ether oxygens (including phenoxy) is 1. The average molecular weight is 296 g/mol. The van der Waals surface area contributed by atoms with Gasteiger partial charge in [-0.25, -0.2) is 9.59 Å². The van der Waals surface area contributed by atoms with Crippen molar-refractivity contribution < 1.29 is 18.4 Å². The maximum absolute atomic E-state index is 11.7. The van der Waals surface area contributed by atoms with Crippen molar-refractivity contribution in [1.29, 1.82) is 0 Å². The van der Waals surface area contributed by atoms with Gasteiger partial charge in [0.15, 0.2) is 0 Å². The Morgan fingerprint density at radius 1 is 1.23 bits per heavy atom. The maximum Gasteiger partial charge on any atom is 0.336 e. The molecule has 0 saturated heterocycles. The second-order valence-corrected chi connectivity index (χ2v) is 4.68. The molecule has 0 N–H and O–H groups in total. The highest BCUT2D eigenvalue weighted by Gasteiger charge is 2.06. The van der Waals surface area contributed by atoms with E-state index in [9.17, 15) is 9.59 Å². The number of hydrogen-bond donors (Lipinski definition) is 0. The van der Waals surface area contributed by atoms with Crippen molar-refractivity contribution in [1.82, 2.24) is 0 Å². The lowest BCUT2D eigenvalue weighted by Crippen LogP contribution is -2.04. The van der Waals surface area contributed by atoms with Crippen LogP contribution < -0.4 is 10.4 Å². The van der Waals surface area contributed by atoms with E-state index < -0.39 is 11.6 Å². The zero-order valence-corrected chi connectivity index (χ0v) is 11.7. The molecule has 3 aromatic rings. The van der Waals surface area contributed by atoms with E-state index in [1.54, 1.807) is 24.3 Å². The summed E-state index contributed by atoms with van der Waals surface area (Å²) in [5.41, 5.74) is 0.748. The summed E-state index contributed by atoms with van der Waals surface area (Å²) in [6, 6.07) is 9.76. The van der Waals surface area contributed by atoms with Crippen LogP contribution in [0.25, 0.3) is 17.0 Å². The van der Waals surface area contributed by atoms with Gasteiger partial charge in [-0.3, -0.25) is 0 Å². The molecule has 22 heavy (non-hydrogen) atoms. The van der Waals surface area contributed by atoms with Crippen LogP contribution in [-0.4, -0.2) is 5.97 Å². The summed E-state index contributed by atoms with van der Waals surface area (Å²) in [4.78, 5) is 23.1. The lowest BCUT2D eigenvalue weighted by molar-refractivity contribution is -0.128. The molecule has 3 rings (SSSR count). The first-order chi connectivity index (χ1) is 10.6. The molecule has 2 aromatic heterocycles. The number of aryl methyl sites for hydroxylation is 1. The second-order valence-electron chi connectivity index (χ2n) is 4.68. The summed E-state index contributed by atoms with van der Waals surface area (Å²) >= 11 is 0. The third kappa shape index (κ3) is 2.98. The van der Waals surface area contributed by atoms with Crippen molar-refractivity contribution in [3.05, 3.63) is 70.5 Å². The van der Waals surface area contributed by atoms with E-state index in [1.165, 1.54) is 30.5 Å². The van der Waals surface area contributed by atoms with E-state index in [0.29, 0.717) is 17.1 Å². The summed E-state index contributed by atoms with van der Waals surface area (Å²) in [7, 11) is 0. The highest BCUT2D eigenvalue weighted by molar-refractivity contribution is 5.89. The SMILES string of the molecule is Cc1cc(=O)oc2cc(OC(=O)/C=C/c3ccco3)ccc12. The van der Waals surface area contributed by atoms with Crippen LogP contribution >= 0.6 is 0 Å². The molecule has 110 valence electrons. The predicted molar refractivity (Wildman–Crippen MR) is 80.6 cm³/mol. The van der Waals surface area contributed by atoms with E-state index in [4.69, 9.17) is 13.6 Å². The molecule has 0 aliphatic rings. The molecule has 0 bridgehead atoms. The van der Waals surface area contributed by atoms with Gasteiger partial charge in [0.05, 0.1) is 6.26 Å². The molecule has 5 heteroatoms. The van der Waals surface area contributed by atoms with E-state index >= 15 is 0 Å². The number of esters is 1. The van der Waals surface area contributed by atoms with E-state index in [-0.39, 0.29) is 0 Å². The van der Waals surface area contributed by atoms with Gasteiger partial charge in [-0.1, -0.05) is 0 Å². The van der Waals surface area contributed by atoms with Gasteiger partial charge in [0.2, 0.25) is 0 Å². The zero-order valence-electron chi connectivity index (χ0n) is 11.7. The quantitative estimate of drug-likeness (QED) is 0.321. The van der Waals surface area contributed by atoms with Crippen molar-refractivity contribution in [3.63, 3.8) is 0 Å². The van der Waals surface area contributed by atoms with Gasteiger partial charge in [0.1, 0.15) is 17.1 Å². The molecule has 0 fully saturated rings. The van der Waals surface area contributed by atoms with Crippen LogP contribution in [0, 0.1) is 6.92 Å². The molecule has 0 aliphatic carbocycles. The first-order valence-electron chi connectivity index (χ1n) is 6.60. The summed E-state index contributed by atoms with van der Waals surface area (Å²) in [5.74, 6) is 0.304. The van der Waals surface area contributed by atoms with Crippen LogP contribution in [0.3, 0.4) is 0 Å². The maximum atomic E-state index is 11.7. The Labute approximate surface area is 125 Å².